The Kier molecular flexibility index (Phi) is 1.34. The van der Waals surface area contributed by atoms with Gasteiger partial charge in [-0.15, -0.1) is 0 Å². The zero-order chi connectivity index (χ0) is 8.60. The second kappa shape index (κ2) is 2.24. The standard InChI is InChI=1S/C8H10N4/c9-6-8(2-1-3-8)12-5-7(10)4-11-12/h4-5H,1-3,10H2. The molecule has 1 aromatic rings. The lowest BCUT2D eigenvalue weighted by Crippen LogP contribution is -2.39. The topological polar surface area (TPSA) is 67.6 Å². The molecule has 0 aliphatic heterocycles. The van der Waals surface area contributed by atoms with Gasteiger partial charge in [0.25, 0.3) is 0 Å². The Morgan fingerprint density at radius 2 is 2.42 bits per heavy atom. The first-order chi connectivity index (χ1) is 5.77. The van der Waals surface area contributed by atoms with E-state index in [0.29, 0.717) is 5.69 Å². The van der Waals surface area contributed by atoms with E-state index in [1.54, 1.807) is 17.1 Å². The van der Waals surface area contributed by atoms with Crippen molar-refractivity contribution in [3.63, 3.8) is 0 Å². The van der Waals surface area contributed by atoms with Crippen LogP contribution in [0.5, 0.6) is 0 Å². The number of hydrogen-bond donors (Lipinski definition) is 1. The van der Waals surface area contributed by atoms with E-state index in [4.69, 9.17) is 11.0 Å². The third kappa shape index (κ3) is 0.797. The largest absolute Gasteiger partial charge is 0.396 e. The maximum atomic E-state index is 8.95. The number of nitrogens with zero attached hydrogens (tertiary/aromatic N) is 3. The van der Waals surface area contributed by atoms with Crippen molar-refractivity contribution in [1.82, 2.24) is 9.78 Å². The van der Waals surface area contributed by atoms with Crippen LogP contribution in [0.15, 0.2) is 12.4 Å². The molecular formula is C8H10N4. The van der Waals surface area contributed by atoms with Crippen LogP contribution in [-0.2, 0) is 5.54 Å². The molecule has 0 unspecified atom stereocenters. The number of nitrogen functional groups attached to an aromatic ring is 1. The highest BCUT2D eigenvalue weighted by molar-refractivity contribution is 5.32. The van der Waals surface area contributed by atoms with Gasteiger partial charge in [-0.2, -0.15) is 10.4 Å². The first-order valence-corrected chi connectivity index (χ1v) is 3.99. The summed E-state index contributed by atoms with van der Waals surface area (Å²) in [5, 5.41) is 13.0. The van der Waals surface area contributed by atoms with E-state index in [0.717, 1.165) is 19.3 Å². The van der Waals surface area contributed by atoms with Crippen molar-refractivity contribution in [1.29, 1.82) is 5.26 Å². The van der Waals surface area contributed by atoms with E-state index >= 15 is 0 Å². The second-order valence-electron chi connectivity index (χ2n) is 3.22. The zero-order valence-electron chi connectivity index (χ0n) is 6.70. The lowest BCUT2D eigenvalue weighted by molar-refractivity contribution is 0.197. The molecule has 2 rings (SSSR count). The van der Waals surface area contributed by atoms with E-state index in [2.05, 4.69) is 11.2 Å². The highest BCUT2D eigenvalue weighted by Gasteiger charge is 2.39. The first-order valence-electron chi connectivity index (χ1n) is 3.99. The van der Waals surface area contributed by atoms with Crippen LogP contribution in [0.3, 0.4) is 0 Å². The van der Waals surface area contributed by atoms with E-state index in [-0.39, 0.29) is 0 Å². The molecule has 1 saturated carbocycles. The van der Waals surface area contributed by atoms with Gasteiger partial charge in [-0.3, -0.25) is 4.68 Å². The maximum absolute atomic E-state index is 8.95. The molecule has 1 fully saturated rings. The Hall–Kier alpha value is -1.50. The minimum absolute atomic E-state index is 0.391. The Bertz CT molecular complexity index is 329. The van der Waals surface area contributed by atoms with Gasteiger partial charge in [-0.1, -0.05) is 0 Å². The Morgan fingerprint density at radius 3 is 2.75 bits per heavy atom. The van der Waals surface area contributed by atoms with Crippen LogP contribution in [0.4, 0.5) is 5.69 Å². The summed E-state index contributed by atoms with van der Waals surface area (Å²) >= 11 is 0. The normalized spacial score (nSPS) is 19.6. The Labute approximate surface area is 70.6 Å². The maximum Gasteiger partial charge on any atom is 0.148 e. The molecule has 0 bridgehead atoms. The summed E-state index contributed by atoms with van der Waals surface area (Å²) in [4.78, 5) is 0. The van der Waals surface area contributed by atoms with Crippen molar-refractivity contribution < 1.29 is 0 Å². The predicted octanol–water partition coefficient (Wildman–Crippen LogP) is 0.868. The van der Waals surface area contributed by atoms with E-state index in [9.17, 15) is 0 Å². The van der Waals surface area contributed by atoms with Gasteiger partial charge >= 0.3 is 0 Å². The fourth-order valence-electron chi connectivity index (χ4n) is 1.47. The Morgan fingerprint density at radius 1 is 1.67 bits per heavy atom. The molecule has 12 heavy (non-hydrogen) atoms. The van der Waals surface area contributed by atoms with Crippen molar-refractivity contribution in [2.24, 2.45) is 0 Å². The fraction of sp³-hybridized carbons (Fsp3) is 0.500. The Balaban J connectivity index is 2.35. The fourth-order valence-corrected chi connectivity index (χ4v) is 1.47. The second-order valence-corrected chi connectivity index (χ2v) is 3.22. The highest BCUT2D eigenvalue weighted by Crippen LogP contribution is 2.38. The third-order valence-electron chi connectivity index (χ3n) is 2.43. The van der Waals surface area contributed by atoms with E-state index in [1.165, 1.54) is 0 Å². The van der Waals surface area contributed by atoms with Gasteiger partial charge in [0.1, 0.15) is 5.54 Å². The molecule has 62 valence electrons. The molecule has 0 saturated heterocycles. The lowest BCUT2D eigenvalue weighted by atomic mass is 9.78. The minimum Gasteiger partial charge on any atom is -0.396 e. The van der Waals surface area contributed by atoms with Crippen LogP contribution >= 0.6 is 0 Å². The van der Waals surface area contributed by atoms with Crippen molar-refractivity contribution in [2.75, 3.05) is 5.73 Å². The number of anilines is 1. The summed E-state index contributed by atoms with van der Waals surface area (Å²) in [6.07, 6.45) is 6.20. The van der Waals surface area contributed by atoms with Gasteiger partial charge in [0.2, 0.25) is 0 Å². The van der Waals surface area contributed by atoms with Gasteiger partial charge in [-0.25, -0.2) is 0 Å². The van der Waals surface area contributed by atoms with Crippen molar-refractivity contribution in [2.45, 2.75) is 24.8 Å². The molecule has 1 aliphatic carbocycles. The molecule has 2 N–H and O–H groups in total. The van der Waals surface area contributed by atoms with Crippen LogP contribution in [-0.4, -0.2) is 9.78 Å². The highest BCUT2D eigenvalue weighted by atomic mass is 15.3. The van der Waals surface area contributed by atoms with Gasteiger partial charge in [0, 0.05) is 6.20 Å². The summed E-state index contributed by atoms with van der Waals surface area (Å²) in [5.74, 6) is 0. The molecule has 4 nitrogen and oxygen atoms in total. The van der Waals surface area contributed by atoms with Crippen LogP contribution in [0.1, 0.15) is 19.3 Å². The smallest absolute Gasteiger partial charge is 0.148 e. The van der Waals surface area contributed by atoms with Gasteiger partial charge in [0.15, 0.2) is 0 Å². The number of aromatic nitrogens is 2. The average Bonchev–Trinajstić information content (AvgIpc) is 2.35. The molecule has 1 heterocycles. The quantitative estimate of drug-likeness (QED) is 0.666. The lowest BCUT2D eigenvalue weighted by Gasteiger charge is -2.35. The van der Waals surface area contributed by atoms with Gasteiger partial charge < -0.3 is 5.73 Å². The third-order valence-corrected chi connectivity index (χ3v) is 2.43. The van der Waals surface area contributed by atoms with E-state index in [1.807, 2.05) is 0 Å². The van der Waals surface area contributed by atoms with Crippen LogP contribution < -0.4 is 5.73 Å². The SMILES string of the molecule is N#CC1(n2cc(N)cn2)CCC1. The van der Waals surface area contributed by atoms with Crippen LogP contribution in [0.25, 0.3) is 0 Å². The molecule has 1 aliphatic rings. The molecule has 0 amide bonds. The first kappa shape index (κ1) is 7.17. The molecular weight excluding hydrogens is 152 g/mol. The van der Waals surface area contributed by atoms with Crippen molar-refractivity contribution in [3.8, 4) is 6.07 Å². The predicted molar refractivity (Wildman–Crippen MR) is 44.1 cm³/mol. The number of nitriles is 1. The van der Waals surface area contributed by atoms with Crippen molar-refractivity contribution in [3.05, 3.63) is 12.4 Å². The zero-order valence-corrected chi connectivity index (χ0v) is 6.70. The summed E-state index contributed by atoms with van der Waals surface area (Å²) < 4.78 is 1.69. The average molecular weight is 162 g/mol. The summed E-state index contributed by atoms with van der Waals surface area (Å²) in [6, 6.07) is 2.29. The monoisotopic (exact) mass is 162 g/mol. The molecule has 0 atom stereocenters. The summed E-state index contributed by atoms with van der Waals surface area (Å²) in [7, 11) is 0. The number of hydrogen-bond acceptors (Lipinski definition) is 3. The molecule has 4 heteroatoms. The van der Waals surface area contributed by atoms with Crippen LogP contribution in [0.2, 0.25) is 0 Å². The number of rotatable bonds is 1. The minimum atomic E-state index is -0.391. The summed E-state index contributed by atoms with van der Waals surface area (Å²) in [6.45, 7) is 0. The van der Waals surface area contributed by atoms with Crippen molar-refractivity contribution >= 4 is 5.69 Å². The molecule has 0 spiro atoms. The number of nitrogens with two attached hydrogens (primary N) is 1. The summed E-state index contributed by atoms with van der Waals surface area (Å²) in [5.41, 5.74) is 5.75. The van der Waals surface area contributed by atoms with Gasteiger partial charge in [-0.05, 0) is 19.3 Å². The molecule has 0 aromatic carbocycles. The van der Waals surface area contributed by atoms with Crippen LogP contribution in [0, 0.1) is 11.3 Å². The van der Waals surface area contributed by atoms with E-state index < -0.39 is 5.54 Å². The molecule has 0 radical (unpaired) electrons. The molecule has 1 aromatic heterocycles. The van der Waals surface area contributed by atoms with Gasteiger partial charge in [0.05, 0.1) is 18.0 Å².